The third kappa shape index (κ3) is 2.32. The second kappa shape index (κ2) is 4.36. The highest BCUT2D eigenvalue weighted by atomic mass is 35.5. The van der Waals surface area contributed by atoms with Gasteiger partial charge in [-0.2, -0.15) is 0 Å². The van der Waals surface area contributed by atoms with Crippen LogP contribution in [0.4, 0.5) is 0 Å². The molecule has 0 atom stereocenters. The number of hydrogen-bond donors (Lipinski definition) is 1. The van der Waals surface area contributed by atoms with Crippen LogP contribution in [0.1, 0.15) is 24.8 Å². The van der Waals surface area contributed by atoms with Crippen LogP contribution in [0.25, 0.3) is 0 Å². The zero-order chi connectivity index (χ0) is 10.9. The Morgan fingerprint density at radius 1 is 1.47 bits per heavy atom. The van der Waals surface area contributed by atoms with Crippen LogP contribution in [0.5, 0.6) is 0 Å². The van der Waals surface area contributed by atoms with Crippen LogP contribution in [-0.2, 0) is 0 Å². The van der Waals surface area contributed by atoms with Gasteiger partial charge >= 0.3 is 0 Å². The first-order chi connectivity index (χ1) is 7.15. The monoisotopic (exact) mass is 241 g/mol. The molecular weight excluding hydrogens is 226 g/mol. The summed E-state index contributed by atoms with van der Waals surface area (Å²) in [6, 6.07) is 6.22. The molecule has 15 heavy (non-hydrogen) atoms. The van der Waals surface area contributed by atoms with Gasteiger partial charge < -0.3 is 5.73 Å². The summed E-state index contributed by atoms with van der Waals surface area (Å²) in [5.41, 5.74) is 6.98. The van der Waals surface area contributed by atoms with E-state index in [1.54, 1.807) is 0 Å². The largest absolute Gasteiger partial charge is 0.329 e. The summed E-state index contributed by atoms with van der Waals surface area (Å²) in [6.45, 7) is 2.82. The molecule has 1 fully saturated rings. The summed E-state index contributed by atoms with van der Waals surface area (Å²) in [6.07, 6.45) is 3.81. The van der Waals surface area contributed by atoms with Gasteiger partial charge in [-0.25, -0.2) is 0 Å². The molecule has 1 aromatic rings. The molecule has 0 saturated heterocycles. The maximum Gasteiger partial charge on any atom is 0.0435 e. The minimum absolute atomic E-state index is 0.306. The Bertz CT molecular complexity index is 355. The fraction of sp³-hybridized carbons (Fsp3) is 0.500. The number of aryl methyl sites for hydroxylation is 1. The first-order valence-corrected chi connectivity index (χ1v) is 6.50. The Labute approximate surface area is 100 Å². The van der Waals surface area contributed by atoms with Crippen molar-refractivity contribution in [3.8, 4) is 0 Å². The Kier molecular flexibility index (Phi) is 3.29. The first-order valence-electron chi connectivity index (χ1n) is 5.30. The molecule has 0 amide bonds. The van der Waals surface area contributed by atoms with Gasteiger partial charge in [0.25, 0.3) is 0 Å². The van der Waals surface area contributed by atoms with Crippen molar-refractivity contribution in [1.82, 2.24) is 0 Å². The molecule has 0 radical (unpaired) electrons. The highest BCUT2D eigenvalue weighted by Crippen LogP contribution is 2.47. The molecule has 82 valence electrons. The molecule has 2 N–H and O–H groups in total. The van der Waals surface area contributed by atoms with E-state index < -0.39 is 0 Å². The van der Waals surface area contributed by atoms with E-state index in [1.807, 2.05) is 24.8 Å². The van der Waals surface area contributed by atoms with Crippen LogP contribution in [0.15, 0.2) is 23.1 Å². The van der Waals surface area contributed by atoms with Crippen molar-refractivity contribution in [3.63, 3.8) is 0 Å². The number of nitrogens with two attached hydrogens (primary N) is 1. The van der Waals surface area contributed by atoms with E-state index in [-0.39, 0.29) is 0 Å². The average Bonchev–Trinajstić information content (AvgIpc) is 2.17. The zero-order valence-electron chi connectivity index (χ0n) is 8.92. The SMILES string of the molecule is Cc1cc(SC2(CN)CCC2)ccc1Cl. The summed E-state index contributed by atoms with van der Waals surface area (Å²) < 4.78 is 0.306. The molecule has 0 unspecified atom stereocenters. The van der Waals surface area contributed by atoms with E-state index in [4.69, 9.17) is 17.3 Å². The Hall–Kier alpha value is -0.180. The van der Waals surface area contributed by atoms with Crippen LogP contribution in [0.2, 0.25) is 5.02 Å². The van der Waals surface area contributed by atoms with Crippen LogP contribution in [-0.4, -0.2) is 11.3 Å². The molecule has 1 aromatic carbocycles. The van der Waals surface area contributed by atoms with Crippen LogP contribution < -0.4 is 5.73 Å². The van der Waals surface area contributed by atoms with E-state index in [1.165, 1.54) is 24.2 Å². The summed E-state index contributed by atoms with van der Waals surface area (Å²) in [5, 5.41) is 0.842. The van der Waals surface area contributed by atoms with Crippen LogP contribution in [0.3, 0.4) is 0 Å². The lowest BCUT2D eigenvalue weighted by molar-refractivity contribution is 0.371. The van der Waals surface area contributed by atoms with E-state index in [9.17, 15) is 0 Å². The lowest BCUT2D eigenvalue weighted by Gasteiger charge is -2.40. The molecule has 1 saturated carbocycles. The predicted octanol–water partition coefficient (Wildman–Crippen LogP) is 3.62. The molecule has 1 aliphatic rings. The van der Waals surface area contributed by atoms with Crippen molar-refractivity contribution < 1.29 is 0 Å². The summed E-state index contributed by atoms with van der Waals surface area (Å²) in [5.74, 6) is 0. The van der Waals surface area contributed by atoms with Gasteiger partial charge in [0.1, 0.15) is 0 Å². The second-order valence-corrected chi connectivity index (χ2v) is 6.20. The van der Waals surface area contributed by atoms with Crippen molar-refractivity contribution in [3.05, 3.63) is 28.8 Å². The van der Waals surface area contributed by atoms with Gasteiger partial charge in [-0.1, -0.05) is 18.0 Å². The summed E-state index contributed by atoms with van der Waals surface area (Å²) in [4.78, 5) is 1.29. The van der Waals surface area contributed by atoms with E-state index in [0.717, 1.165) is 17.1 Å². The van der Waals surface area contributed by atoms with Gasteiger partial charge in [-0.15, -0.1) is 11.8 Å². The summed E-state index contributed by atoms with van der Waals surface area (Å²) in [7, 11) is 0. The average molecular weight is 242 g/mol. The fourth-order valence-electron chi connectivity index (χ4n) is 1.85. The van der Waals surface area contributed by atoms with E-state index >= 15 is 0 Å². The maximum absolute atomic E-state index is 6.00. The molecule has 0 heterocycles. The van der Waals surface area contributed by atoms with E-state index in [2.05, 4.69) is 12.1 Å². The molecule has 1 aliphatic carbocycles. The highest BCUT2D eigenvalue weighted by Gasteiger charge is 2.36. The van der Waals surface area contributed by atoms with Crippen molar-refractivity contribution in [2.24, 2.45) is 5.73 Å². The van der Waals surface area contributed by atoms with Crippen molar-refractivity contribution >= 4 is 23.4 Å². The predicted molar refractivity (Wildman–Crippen MR) is 67.7 cm³/mol. The number of hydrogen-bond acceptors (Lipinski definition) is 2. The van der Waals surface area contributed by atoms with Crippen LogP contribution in [0, 0.1) is 6.92 Å². The Morgan fingerprint density at radius 2 is 2.20 bits per heavy atom. The number of benzene rings is 1. The van der Waals surface area contributed by atoms with Gasteiger partial charge in [0, 0.05) is 21.2 Å². The number of halogens is 1. The molecule has 3 heteroatoms. The van der Waals surface area contributed by atoms with Gasteiger partial charge in [-0.05, 0) is 43.5 Å². The standard InChI is InChI=1S/C12H16ClNS/c1-9-7-10(3-4-11(9)13)15-12(8-14)5-2-6-12/h3-4,7H,2,5-6,8,14H2,1H3. The van der Waals surface area contributed by atoms with Gasteiger partial charge in [0.05, 0.1) is 0 Å². The van der Waals surface area contributed by atoms with Crippen molar-refractivity contribution in [1.29, 1.82) is 0 Å². The topological polar surface area (TPSA) is 26.0 Å². The van der Waals surface area contributed by atoms with Crippen molar-refractivity contribution in [2.75, 3.05) is 6.54 Å². The van der Waals surface area contributed by atoms with Gasteiger partial charge in [0.15, 0.2) is 0 Å². The summed E-state index contributed by atoms with van der Waals surface area (Å²) >= 11 is 7.92. The van der Waals surface area contributed by atoms with Crippen molar-refractivity contribution in [2.45, 2.75) is 35.8 Å². The minimum atomic E-state index is 0.306. The third-order valence-corrected chi connectivity index (χ3v) is 5.02. The Balaban J connectivity index is 2.13. The number of rotatable bonds is 3. The lowest BCUT2D eigenvalue weighted by Crippen LogP contribution is -2.40. The van der Waals surface area contributed by atoms with E-state index in [0.29, 0.717) is 4.75 Å². The zero-order valence-corrected chi connectivity index (χ0v) is 10.5. The number of thioether (sulfide) groups is 1. The smallest absolute Gasteiger partial charge is 0.0435 e. The maximum atomic E-state index is 6.00. The molecule has 0 bridgehead atoms. The van der Waals surface area contributed by atoms with Gasteiger partial charge in [-0.3, -0.25) is 0 Å². The third-order valence-electron chi connectivity index (χ3n) is 3.10. The molecular formula is C12H16ClNS. The first kappa shape index (κ1) is 11.3. The molecule has 1 nitrogen and oxygen atoms in total. The normalized spacial score (nSPS) is 18.6. The van der Waals surface area contributed by atoms with Gasteiger partial charge in [0.2, 0.25) is 0 Å². The lowest BCUT2D eigenvalue weighted by atomic mass is 9.84. The second-order valence-electron chi connectivity index (χ2n) is 4.25. The molecule has 0 aromatic heterocycles. The highest BCUT2D eigenvalue weighted by molar-refractivity contribution is 8.00. The Morgan fingerprint density at radius 3 is 2.67 bits per heavy atom. The molecule has 2 rings (SSSR count). The quantitative estimate of drug-likeness (QED) is 0.875. The molecule has 0 aliphatic heterocycles. The molecule has 0 spiro atoms. The minimum Gasteiger partial charge on any atom is -0.329 e. The van der Waals surface area contributed by atoms with Crippen LogP contribution >= 0.6 is 23.4 Å². The fourth-order valence-corrected chi connectivity index (χ4v) is 3.42.